The minimum Gasteiger partial charge on any atom is -0.494 e. The molecule has 4 rings (SSSR count). The fourth-order valence-electron chi connectivity index (χ4n) is 3.91. The standard InChI is InChI=1S/C24H20ClF4NO4S/c1-33-23-13-17(9-10-21(23)26)35(31,32)30-11-3-4-15-7-8-16(12-22(15)30)34-14-18-19(24(27,28)29)5-2-6-20(18)25/h2,5-10,12-13H,3-4,11,14H2,1H3. The molecule has 3 aromatic rings. The fraction of sp³-hybridized carbons (Fsp3) is 0.250. The highest BCUT2D eigenvalue weighted by Crippen LogP contribution is 2.38. The molecular formula is C24H20ClF4NO4S. The third kappa shape index (κ3) is 5.04. The van der Waals surface area contributed by atoms with Crippen LogP contribution in [0.25, 0.3) is 0 Å². The van der Waals surface area contributed by atoms with Crippen LogP contribution in [-0.4, -0.2) is 22.1 Å². The molecule has 1 aliphatic heterocycles. The number of halogens is 5. The van der Waals surface area contributed by atoms with Gasteiger partial charge >= 0.3 is 6.18 Å². The van der Waals surface area contributed by atoms with Gasteiger partial charge < -0.3 is 9.47 Å². The number of hydrogen-bond donors (Lipinski definition) is 0. The summed E-state index contributed by atoms with van der Waals surface area (Å²) in [6, 6.07) is 11.5. The number of fused-ring (bicyclic) bond motifs is 1. The molecule has 1 aliphatic rings. The van der Waals surface area contributed by atoms with E-state index in [1.54, 1.807) is 12.1 Å². The lowest BCUT2D eigenvalue weighted by molar-refractivity contribution is -0.138. The summed E-state index contributed by atoms with van der Waals surface area (Å²) in [6.45, 7) is -0.295. The van der Waals surface area contributed by atoms with Crippen LogP contribution < -0.4 is 13.8 Å². The molecule has 0 saturated carbocycles. The van der Waals surface area contributed by atoms with Crippen LogP contribution in [0.5, 0.6) is 11.5 Å². The normalized spacial score (nSPS) is 13.9. The Kier molecular flexibility index (Phi) is 6.88. The van der Waals surface area contributed by atoms with Crippen molar-refractivity contribution in [1.82, 2.24) is 0 Å². The number of ether oxygens (including phenoxy) is 2. The molecule has 0 aliphatic carbocycles. The molecule has 11 heteroatoms. The lowest BCUT2D eigenvalue weighted by atomic mass is 10.0. The van der Waals surface area contributed by atoms with Gasteiger partial charge in [-0.1, -0.05) is 23.7 Å². The molecule has 186 valence electrons. The van der Waals surface area contributed by atoms with Crippen molar-refractivity contribution in [2.24, 2.45) is 0 Å². The first-order valence-electron chi connectivity index (χ1n) is 10.5. The number of hydrogen-bond acceptors (Lipinski definition) is 4. The average Bonchev–Trinajstić information content (AvgIpc) is 2.82. The molecule has 5 nitrogen and oxygen atoms in total. The molecule has 0 atom stereocenters. The summed E-state index contributed by atoms with van der Waals surface area (Å²) in [5.41, 5.74) is -0.0538. The van der Waals surface area contributed by atoms with E-state index in [-0.39, 0.29) is 33.5 Å². The second-order valence-corrected chi connectivity index (χ2v) is 10.1. The first-order chi connectivity index (χ1) is 16.5. The quantitative estimate of drug-likeness (QED) is 0.355. The van der Waals surface area contributed by atoms with Crippen molar-refractivity contribution in [2.75, 3.05) is 18.0 Å². The number of sulfonamides is 1. The third-order valence-corrected chi connectivity index (χ3v) is 7.81. The van der Waals surface area contributed by atoms with Crippen molar-refractivity contribution in [1.29, 1.82) is 0 Å². The first-order valence-corrected chi connectivity index (χ1v) is 12.3. The molecule has 0 amide bonds. The second-order valence-electron chi connectivity index (χ2n) is 7.82. The SMILES string of the molecule is COc1cc(S(=O)(=O)N2CCCc3ccc(OCc4c(Cl)cccc4C(F)(F)F)cc32)ccc1F. The van der Waals surface area contributed by atoms with E-state index in [1.807, 2.05) is 0 Å². The smallest absolute Gasteiger partial charge is 0.416 e. The van der Waals surface area contributed by atoms with Crippen LogP contribution in [-0.2, 0) is 29.2 Å². The number of alkyl halides is 3. The highest BCUT2D eigenvalue weighted by Gasteiger charge is 2.34. The Balaban J connectivity index is 1.66. The number of benzene rings is 3. The van der Waals surface area contributed by atoms with Crippen molar-refractivity contribution < 1.29 is 35.5 Å². The van der Waals surface area contributed by atoms with Crippen molar-refractivity contribution in [2.45, 2.75) is 30.5 Å². The Bertz CT molecular complexity index is 1360. The van der Waals surface area contributed by atoms with E-state index in [0.29, 0.717) is 18.5 Å². The van der Waals surface area contributed by atoms with Gasteiger partial charge in [0.2, 0.25) is 0 Å². The van der Waals surface area contributed by atoms with E-state index in [1.165, 1.54) is 29.6 Å². The van der Waals surface area contributed by atoms with Crippen LogP contribution in [0.2, 0.25) is 5.02 Å². The number of aryl methyl sites for hydroxylation is 1. The molecule has 0 fully saturated rings. The average molecular weight is 530 g/mol. The molecule has 0 saturated heterocycles. The summed E-state index contributed by atoms with van der Waals surface area (Å²) < 4.78 is 92.4. The number of methoxy groups -OCH3 is 1. The molecule has 0 radical (unpaired) electrons. The zero-order chi connectivity index (χ0) is 25.4. The molecule has 1 heterocycles. The van der Waals surface area contributed by atoms with Gasteiger partial charge in [0.1, 0.15) is 12.4 Å². The summed E-state index contributed by atoms with van der Waals surface area (Å²) in [5.74, 6) is -0.727. The topological polar surface area (TPSA) is 55.8 Å². The third-order valence-electron chi connectivity index (χ3n) is 5.65. The Hall–Kier alpha value is -2.98. The van der Waals surface area contributed by atoms with Crippen LogP contribution in [0.15, 0.2) is 59.5 Å². The van der Waals surface area contributed by atoms with Crippen molar-refractivity contribution >= 4 is 27.3 Å². The minimum atomic E-state index is -4.61. The van der Waals surface area contributed by atoms with E-state index in [4.69, 9.17) is 21.1 Å². The highest BCUT2D eigenvalue weighted by atomic mass is 35.5. The largest absolute Gasteiger partial charge is 0.494 e. The van der Waals surface area contributed by atoms with Gasteiger partial charge in [-0.3, -0.25) is 4.31 Å². The molecule has 3 aromatic carbocycles. The molecular weight excluding hydrogens is 510 g/mol. The number of anilines is 1. The highest BCUT2D eigenvalue weighted by molar-refractivity contribution is 7.92. The Morgan fingerprint density at radius 1 is 1.09 bits per heavy atom. The monoisotopic (exact) mass is 529 g/mol. The maximum atomic E-state index is 13.8. The lowest BCUT2D eigenvalue weighted by Crippen LogP contribution is -2.35. The minimum absolute atomic E-state index is 0.0905. The van der Waals surface area contributed by atoms with Gasteiger partial charge in [-0.2, -0.15) is 13.2 Å². The van der Waals surface area contributed by atoms with Crippen molar-refractivity contribution in [3.63, 3.8) is 0 Å². The van der Waals surface area contributed by atoms with Gasteiger partial charge in [0, 0.05) is 29.3 Å². The molecule has 0 unspecified atom stereocenters. The molecule has 0 aromatic heterocycles. The van der Waals surface area contributed by atoms with Gasteiger partial charge in [0.15, 0.2) is 11.6 Å². The summed E-state index contributed by atoms with van der Waals surface area (Å²) in [6.07, 6.45) is -3.45. The molecule has 0 bridgehead atoms. The Labute approximate surface area is 204 Å². The fourth-order valence-corrected chi connectivity index (χ4v) is 5.69. The van der Waals surface area contributed by atoms with Crippen LogP contribution in [0.3, 0.4) is 0 Å². The molecule has 35 heavy (non-hydrogen) atoms. The van der Waals surface area contributed by atoms with Crippen LogP contribution >= 0.6 is 11.6 Å². The summed E-state index contributed by atoms with van der Waals surface area (Å²) >= 11 is 6.00. The number of nitrogens with zero attached hydrogens (tertiary/aromatic N) is 1. The molecule has 0 spiro atoms. The van der Waals surface area contributed by atoms with E-state index in [0.717, 1.165) is 29.8 Å². The summed E-state index contributed by atoms with van der Waals surface area (Å²) in [4.78, 5) is -0.152. The maximum absolute atomic E-state index is 13.8. The van der Waals surface area contributed by atoms with Crippen molar-refractivity contribution in [3.8, 4) is 11.5 Å². The molecule has 0 N–H and O–H groups in total. The van der Waals surface area contributed by atoms with Crippen LogP contribution in [0.4, 0.5) is 23.2 Å². The number of rotatable bonds is 6. The van der Waals surface area contributed by atoms with Gasteiger partial charge in [-0.15, -0.1) is 0 Å². The van der Waals surface area contributed by atoms with Gasteiger partial charge in [-0.25, -0.2) is 12.8 Å². The predicted octanol–water partition coefficient (Wildman–Crippen LogP) is 6.23. The van der Waals surface area contributed by atoms with Crippen LogP contribution in [0, 0.1) is 5.82 Å². The zero-order valence-corrected chi connectivity index (χ0v) is 20.0. The Morgan fingerprint density at radius 3 is 2.57 bits per heavy atom. The summed E-state index contributed by atoms with van der Waals surface area (Å²) in [7, 11) is -2.85. The Morgan fingerprint density at radius 2 is 1.86 bits per heavy atom. The zero-order valence-electron chi connectivity index (χ0n) is 18.4. The van der Waals surface area contributed by atoms with Gasteiger partial charge in [0.25, 0.3) is 10.0 Å². The van der Waals surface area contributed by atoms with E-state index >= 15 is 0 Å². The lowest BCUT2D eigenvalue weighted by Gasteiger charge is -2.31. The van der Waals surface area contributed by atoms with Crippen molar-refractivity contribution in [3.05, 3.63) is 82.1 Å². The predicted molar refractivity (Wildman–Crippen MR) is 123 cm³/mol. The first kappa shape index (κ1) is 25.1. The van der Waals surface area contributed by atoms with Gasteiger partial charge in [-0.05, 0) is 48.7 Å². The maximum Gasteiger partial charge on any atom is 0.416 e. The second kappa shape index (κ2) is 9.58. The van der Waals surface area contributed by atoms with Gasteiger partial charge in [0.05, 0.1) is 23.3 Å². The van der Waals surface area contributed by atoms with E-state index < -0.39 is 34.2 Å². The van der Waals surface area contributed by atoms with E-state index in [9.17, 15) is 26.0 Å². The van der Waals surface area contributed by atoms with E-state index in [2.05, 4.69) is 0 Å². The van der Waals surface area contributed by atoms with Crippen LogP contribution in [0.1, 0.15) is 23.1 Å². The summed E-state index contributed by atoms with van der Waals surface area (Å²) in [5, 5.41) is -0.0905.